The third-order valence-electron chi connectivity index (χ3n) is 3.07. The Kier molecular flexibility index (Phi) is 4.40. The Bertz CT molecular complexity index is 305. The smallest absolute Gasteiger partial charge is 0.0948 e. The lowest BCUT2D eigenvalue weighted by Gasteiger charge is -2.07. The summed E-state index contributed by atoms with van der Waals surface area (Å²) in [7, 11) is 0. The summed E-state index contributed by atoms with van der Waals surface area (Å²) in [4.78, 5) is 4.23. The fourth-order valence-electron chi connectivity index (χ4n) is 1.92. The largest absolute Gasteiger partial charge is 0.381 e. The lowest BCUT2D eigenvalue weighted by atomic mass is 10.3. The first-order chi connectivity index (χ1) is 7.92. The van der Waals surface area contributed by atoms with Crippen LogP contribution in [0.4, 0.5) is 0 Å². The molecular weight excluding hydrogens is 200 g/mol. The Hall–Kier alpha value is -0.830. The minimum atomic E-state index is 0.795. The third kappa shape index (κ3) is 3.34. The van der Waals surface area contributed by atoms with E-state index in [0.29, 0.717) is 0 Å². The van der Waals surface area contributed by atoms with Crippen LogP contribution in [-0.4, -0.2) is 22.8 Å². The zero-order valence-electron chi connectivity index (χ0n) is 10.2. The molecule has 90 valence electrons. The molecular formula is C13H22N2O. The second-order valence-electron chi connectivity index (χ2n) is 4.61. The van der Waals surface area contributed by atoms with E-state index < -0.39 is 0 Å². The van der Waals surface area contributed by atoms with Crippen LogP contribution in [0.1, 0.15) is 50.6 Å². The Morgan fingerprint density at radius 3 is 2.94 bits per heavy atom. The van der Waals surface area contributed by atoms with Gasteiger partial charge in [-0.3, -0.25) is 0 Å². The lowest BCUT2D eigenvalue weighted by Crippen LogP contribution is -2.05. The number of nitrogens with zero attached hydrogens (tertiary/aromatic N) is 2. The Morgan fingerprint density at radius 1 is 1.38 bits per heavy atom. The van der Waals surface area contributed by atoms with Crippen molar-refractivity contribution in [3.63, 3.8) is 0 Å². The maximum Gasteiger partial charge on any atom is 0.0948 e. The van der Waals surface area contributed by atoms with Crippen LogP contribution < -0.4 is 0 Å². The molecule has 0 amide bonds. The van der Waals surface area contributed by atoms with Crippen LogP contribution in [0.25, 0.3) is 0 Å². The molecule has 0 saturated heterocycles. The van der Waals surface area contributed by atoms with Crippen molar-refractivity contribution in [3.8, 4) is 0 Å². The number of ether oxygens (including phenoxy) is 1. The number of hydrogen-bond acceptors (Lipinski definition) is 2. The molecule has 1 aromatic rings. The first kappa shape index (κ1) is 11.6. The van der Waals surface area contributed by atoms with E-state index in [0.717, 1.165) is 32.1 Å². The molecule has 0 aliphatic heterocycles. The van der Waals surface area contributed by atoms with Crippen molar-refractivity contribution in [1.29, 1.82) is 0 Å². The molecule has 3 heteroatoms. The highest BCUT2D eigenvalue weighted by Gasteiger charge is 2.26. The quantitative estimate of drug-likeness (QED) is 0.632. The van der Waals surface area contributed by atoms with Gasteiger partial charge in [-0.1, -0.05) is 13.3 Å². The molecule has 1 aliphatic carbocycles. The molecule has 0 aromatic carbocycles. The van der Waals surface area contributed by atoms with E-state index in [1.807, 2.05) is 12.5 Å². The van der Waals surface area contributed by atoms with E-state index in [1.165, 1.54) is 31.4 Å². The van der Waals surface area contributed by atoms with Crippen molar-refractivity contribution in [2.45, 2.75) is 51.5 Å². The summed E-state index contributed by atoms with van der Waals surface area (Å²) < 4.78 is 7.85. The third-order valence-corrected chi connectivity index (χ3v) is 3.07. The first-order valence-electron chi connectivity index (χ1n) is 6.49. The molecule has 1 saturated carbocycles. The van der Waals surface area contributed by atoms with E-state index in [2.05, 4.69) is 16.5 Å². The molecule has 0 unspecified atom stereocenters. The predicted molar refractivity (Wildman–Crippen MR) is 64.5 cm³/mol. The molecule has 0 bridgehead atoms. The zero-order valence-corrected chi connectivity index (χ0v) is 10.2. The number of aromatic nitrogens is 2. The zero-order chi connectivity index (χ0) is 11.2. The highest BCUT2D eigenvalue weighted by Crippen LogP contribution is 2.39. The maximum absolute atomic E-state index is 5.55. The van der Waals surface area contributed by atoms with Gasteiger partial charge >= 0.3 is 0 Å². The molecule has 1 heterocycles. The van der Waals surface area contributed by atoms with Crippen LogP contribution in [-0.2, 0) is 11.3 Å². The Morgan fingerprint density at radius 2 is 2.19 bits per heavy atom. The van der Waals surface area contributed by atoms with Gasteiger partial charge in [0.05, 0.1) is 6.33 Å². The van der Waals surface area contributed by atoms with Crippen LogP contribution in [0.15, 0.2) is 12.5 Å². The molecule has 1 aromatic heterocycles. The normalized spacial score (nSPS) is 15.6. The fourth-order valence-corrected chi connectivity index (χ4v) is 1.92. The highest BCUT2D eigenvalue weighted by molar-refractivity contribution is 5.12. The summed E-state index contributed by atoms with van der Waals surface area (Å²) in [5, 5.41) is 0. The van der Waals surface area contributed by atoms with Gasteiger partial charge in [0.2, 0.25) is 0 Å². The van der Waals surface area contributed by atoms with Gasteiger partial charge in [-0.15, -0.1) is 0 Å². The van der Waals surface area contributed by atoms with Gasteiger partial charge in [-0.25, -0.2) is 4.98 Å². The van der Waals surface area contributed by atoms with Crippen LogP contribution in [0.2, 0.25) is 0 Å². The summed E-state index contributed by atoms with van der Waals surface area (Å²) in [6.45, 7) is 5.03. The summed E-state index contributed by atoms with van der Waals surface area (Å²) in [5.74, 6) is 0.795. The van der Waals surface area contributed by atoms with Gasteiger partial charge < -0.3 is 9.30 Å². The van der Waals surface area contributed by atoms with E-state index in [9.17, 15) is 0 Å². The number of hydrogen-bond donors (Lipinski definition) is 0. The number of aryl methyl sites for hydroxylation is 1. The van der Waals surface area contributed by atoms with Gasteiger partial charge in [-0.05, 0) is 25.7 Å². The van der Waals surface area contributed by atoms with E-state index in [-0.39, 0.29) is 0 Å². The standard InChI is InChI=1S/C13H22N2O/c1-2-3-8-16-9-4-7-15-11-14-10-13(15)12-5-6-12/h10-12H,2-9H2,1H3. The summed E-state index contributed by atoms with van der Waals surface area (Å²) in [5.41, 5.74) is 1.42. The lowest BCUT2D eigenvalue weighted by molar-refractivity contribution is 0.126. The number of unbranched alkanes of at least 4 members (excludes halogenated alkanes) is 1. The van der Waals surface area contributed by atoms with Crippen LogP contribution >= 0.6 is 0 Å². The molecule has 0 radical (unpaired) electrons. The Labute approximate surface area is 97.8 Å². The second-order valence-corrected chi connectivity index (χ2v) is 4.61. The fraction of sp³-hybridized carbons (Fsp3) is 0.769. The van der Waals surface area contributed by atoms with Crippen LogP contribution in [0.3, 0.4) is 0 Å². The monoisotopic (exact) mass is 222 g/mol. The van der Waals surface area contributed by atoms with Crippen LogP contribution in [0.5, 0.6) is 0 Å². The first-order valence-corrected chi connectivity index (χ1v) is 6.49. The van der Waals surface area contributed by atoms with Gasteiger partial charge in [0.1, 0.15) is 0 Å². The Balaban J connectivity index is 1.63. The van der Waals surface area contributed by atoms with Gasteiger partial charge in [0, 0.05) is 37.6 Å². The molecule has 0 N–H and O–H groups in total. The summed E-state index contributed by atoms with van der Waals surface area (Å²) in [6, 6.07) is 0. The predicted octanol–water partition coefficient (Wildman–Crippen LogP) is 2.97. The minimum Gasteiger partial charge on any atom is -0.381 e. The summed E-state index contributed by atoms with van der Waals surface area (Å²) in [6.07, 6.45) is 10.2. The SMILES string of the molecule is CCCCOCCCn1cncc1C1CC1. The van der Waals surface area contributed by atoms with Crippen molar-refractivity contribution in [2.24, 2.45) is 0 Å². The van der Waals surface area contributed by atoms with Crippen molar-refractivity contribution in [1.82, 2.24) is 9.55 Å². The van der Waals surface area contributed by atoms with Crippen LogP contribution in [0, 0.1) is 0 Å². The van der Waals surface area contributed by atoms with Crippen molar-refractivity contribution < 1.29 is 4.74 Å². The molecule has 1 aliphatic rings. The molecule has 3 nitrogen and oxygen atoms in total. The van der Waals surface area contributed by atoms with Gasteiger partial charge in [0.15, 0.2) is 0 Å². The average molecular weight is 222 g/mol. The molecule has 0 atom stereocenters. The van der Waals surface area contributed by atoms with Gasteiger partial charge in [-0.2, -0.15) is 0 Å². The van der Waals surface area contributed by atoms with E-state index in [4.69, 9.17) is 4.74 Å². The van der Waals surface area contributed by atoms with Crippen molar-refractivity contribution >= 4 is 0 Å². The average Bonchev–Trinajstić information content (AvgIpc) is 3.04. The topological polar surface area (TPSA) is 27.1 Å². The van der Waals surface area contributed by atoms with E-state index in [1.54, 1.807) is 0 Å². The molecule has 0 spiro atoms. The molecule has 2 rings (SSSR count). The molecule has 1 fully saturated rings. The molecule has 16 heavy (non-hydrogen) atoms. The van der Waals surface area contributed by atoms with E-state index >= 15 is 0 Å². The summed E-state index contributed by atoms with van der Waals surface area (Å²) >= 11 is 0. The van der Waals surface area contributed by atoms with Gasteiger partial charge in [0.25, 0.3) is 0 Å². The number of rotatable bonds is 8. The van der Waals surface area contributed by atoms with Crippen molar-refractivity contribution in [2.75, 3.05) is 13.2 Å². The number of imidazole rings is 1. The van der Waals surface area contributed by atoms with Crippen molar-refractivity contribution in [3.05, 3.63) is 18.2 Å². The minimum absolute atomic E-state index is 0.795. The second kappa shape index (κ2) is 6.04. The highest BCUT2D eigenvalue weighted by atomic mass is 16.5. The maximum atomic E-state index is 5.55.